The molecule has 3 aliphatic rings. The number of allylic oxidation sites excluding steroid dienone is 1. The van der Waals surface area contributed by atoms with E-state index >= 15 is 0 Å². The number of amides is 1. The number of ether oxygens (including phenoxy) is 2. The zero-order chi connectivity index (χ0) is 25.2. The standard InChI is InChI=1S/C29H33FN2O4/c1-3-35-29(34)32-23-10-11-24-20(14-23)15-26-27(17(2)36-28(26)33)25(24)12-9-22-8-7-19(16-31-22)18-5-4-6-21(30)13-18/h4-9,12-13,16-17,20,23-27H,3,10-11,14-15H2,1-2H3,(H,32,34)/b12-9+/t17-,20-,23+,24+,25-,26+,27+/m1/s1. The summed E-state index contributed by atoms with van der Waals surface area (Å²) in [6.07, 6.45) is 9.07. The minimum absolute atomic E-state index is 0.0679. The number of benzene rings is 1. The molecule has 0 radical (unpaired) electrons. The van der Waals surface area contributed by atoms with Crippen LogP contribution < -0.4 is 5.32 Å². The highest BCUT2D eigenvalue weighted by atomic mass is 19.1. The number of alkyl carbamates (subject to hydrolysis) is 1. The van der Waals surface area contributed by atoms with Crippen LogP contribution in [-0.4, -0.2) is 35.8 Å². The number of fused-ring (bicyclic) bond motifs is 2. The lowest BCUT2D eigenvalue weighted by molar-refractivity contribution is -0.144. The molecular weight excluding hydrogens is 459 g/mol. The van der Waals surface area contributed by atoms with Gasteiger partial charge >= 0.3 is 12.1 Å². The predicted octanol–water partition coefficient (Wildman–Crippen LogP) is 5.63. The monoisotopic (exact) mass is 492 g/mol. The van der Waals surface area contributed by atoms with Crippen LogP contribution in [0.25, 0.3) is 17.2 Å². The number of pyridine rings is 1. The molecule has 2 heterocycles. The maximum atomic E-state index is 13.6. The summed E-state index contributed by atoms with van der Waals surface area (Å²) < 4.78 is 24.3. The first-order chi connectivity index (χ1) is 17.4. The van der Waals surface area contributed by atoms with Crippen molar-refractivity contribution in [3.63, 3.8) is 0 Å². The number of halogens is 1. The van der Waals surface area contributed by atoms with Gasteiger partial charge in [0.1, 0.15) is 11.9 Å². The van der Waals surface area contributed by atoms with Gasteiger partial charge in [-0.25, -0.2) is 9.18 Å². The van der Waals surface area contributed by atoms with Gasteiger partial charge in [-0.3, -0.25) is 9.78 Å². The van der Waals surface area contributed by atoms with Gasteiger partial charge in [0, 0.05) is 23.7 Å². The molecule has 1 aromatic heterocycles. The molecule has 6 nitrogen and oxygen atoms in total. The molecule has 3 fully saturated rings. The molecule has 1 aliphatic heterocycles. The van der Waals surface area contributed by atoms with Crippen LogP contribution in [0, 0.1) is 35.4 Å². The first kappa shape index (κ1) is 24.5. The summed E-state index contributed by atoms with van der Waals surface area (Å²) in [5, 5.41) is 3.00. The van der Waals surface area contributed by atoms with Gasteiger partial charge in [0.15, 0.2) is 0 Å². The first-order valence-corrected chi connectivity index (χ1v) is 13.0. The van der Waals surface area contributed by atoms with Crippen molar-refractivity contribution in [3.05, 3.63) is 60.2 Å². The number of rotatable bonds is 5. The van der Waals surface area contributed by atoms with E-state index in [0.717, 1.165) is 42.5 Å². The van der Waals surface area contributed by atoms with Crippen LogP contribution in [0.5, 0.6) is 0 Å². The highest BCUT2D eigenvalue weighted by Crippen LogP contribution is 2.53. The number of nitrogens with zero attached hydrogens (tertiary/aromatic N) is 1. The molecule has 7 heteroatoms. The van der Waals surface area contributed by atoms with E-state index in [1.54, 1.807) is 19.2 Å². The lowest BCUT2D eigenvalue weighted by Crippen LogP contribution is -2.48. The highest BCUT2D eigenvalue weighted by Gasteiger charge is 2.54. The number of hydrogen-bond acceptors (Lipinski definition) is 5. The molecule has 7 atom stereocenters. The Morgan fingerprint density at radius 2 is 2.08 bits per heavy atom. The van der Waals surface area contributed by atoms with E-state index in [2.05, 4.69) is 16.4 Å². The summed E-state index contributed by atoms with van der Waals surface area (Å²) in [7, 11) is 0. The Hall–Kier alpha value is -3.22. The Balaban J connectivity index is 1.34. The number of hydrogen-bond donors (Lipinski definition) is 1. The van der Waals surface area contributed by atoms with Crippen LogP contribution in [-0.2, 0) is 14.3 Å². The minimum Gasteiger partial charge on any atom is -0.462 e. The van der Waals surface area contributed by atoms with Crippen molar-refractivity contribution in [2.45, 2.75) is 51.7 Å². The third-order valence-electron chi connectivity index (χ3n) is 8.18. The summed E-state index contributed by atoms with van der Waals surface area (Å²) in [5.74, 6) is 0.629. The smallest absolute Gasteiger partial charge is 0.407 e. The molecule has 36 heavy (non-hydrogen) atoms. The van der Waals surface area contributed by atoms with E-state index in [1.165, 1.54) is 12.1 Å². The normalized spacial score (nSPS) is 31.4. The summed E-state index contributed by atoms with van der Waals surface area (Å²) in [6.45, 7) is 4.15. The molecule has 2 aromatic rings. The zero-order valence-corrected chi connectivity index (χ0v) is 20.7. The van der Waals surface area contributed by atoms with E-state index in [9.17, 15) is 14.0 Å². The van der Waals surface area contributed by atoms with E-state index in [0.29, 0.717) is 18.4 Å². The van der Waals surface area contributed by atoms with E-state index in [1.807, 2.05) is 31.2 Å². The summed E-state index contributed by atoms with van der Waals surface area (Å²) in [4.78, 5) is 29.2. The summed E-state index contributed by atoms with van der Waals surface area (Å²) in [6, 6.07) is 10.4. The number of esters is 1. The number of carbonyl (C=O) groups excluding carboxylic acids is 2. The first-order valence-electron chi connectivity index (χ1n) is 13.0. The zero-order valence-electron chi connectivity index (χ0n) is 20.7. The Labute approximate surface area is 211 Å². The molecule has 1 saturated heterocycles. The van der Waals surface area contributed by atoms with Crippen LogP contribution in [0.1, 0.15) is 45.2 Å². The predicted molar refractivity (Wildman–Crippen MR) is 134 cm³/mol. The van der Waals surface area contributed by atoms with Gasteiger partial charge in [0.25, 0.3) is 0 Å². The average molecular weight is 493 g/mol. The second-order valence-corrected chi connectivity index (χ2v) is 10.3. The maximum Gasteiger partial charge on any atom is 0.407 e. The van der Waals surface area contributed by atoms with Gasteiger partial charge in [0.2, 0.25) is 0 Å². The number of carbonyl (C=O) groups is 2. The second kappa shape index (κ2) is 10.4. The van der Waals surface area contributed by atoms with Crippen molar-refractivity contribution in [3.8, 4) is 11.1 Å². The Bertz CT molecular complexity index is 1130. The van der Waals surface area contributed by atoms with Crippen LogP contribution in [0.4, 0.5) is 9.18 Å². The van der Waals surface area contributed by atoms with E-state index in [-0.39, 0.29) is 47.8 Å². The van der Waals surface area contributed by atoms with E-state index in [4.69, 9.17) is 9.47 Å². The van der Waals surface area contributed by atoms with E-state index < -0.39 is 0 Å². The molecule has 1 aromatic carbocycles. The Morgan fingerprint density at radius 1 is 1.22 bits per heavy atom. The Morgan fingerprint density at radius 3 is 2.83 bits per heavy atom. The maximum absolute atomic E-state index is 13.6. The number of cyclic esters (lactones) is 1. The summed E-state index contributed by atoms with van der Waals surface area (Å²) in [5.41, 5.74) is 2.48. The van der Waals surface area contributed by atoms with Gasteiger partial charge in [-0.05, 0) is 87.1 Å². The van der Waals surface area contributed by atoms with Gasteiger partial charge in [0.05, 0.1) is 18.2 Å². The van der Waals surface area contributed by atoms with Gasteiger partial charge in [-0.15, -0.1) is 0 Å². The molecule has 1 amide bonds. The van der Waals surface area contributed by atoms with Gasteiger partial charge in [-0.1, -0.05) is 24.3 Å². The fourth-order valence-corrected chi connectivity index (χ4v) is 6.64. The van der Waals surface area contributed by atoms with Crippen molar-refractivity contribution >= 4 is 18.1 Å². The Kier molecular flexibility index (Phi) is 7.08. The van der Waals surface area contributed by atoms with Gasteiger partial charge < -0.3 is 14.8 Å². The fourth-order valence-electron chi connectivity index (χ4n) is 6.64. The van der Waals surface area contributed by atoms with Crippen LogP contribution >= 0.6 is 0 Å². The van der Waals surface area contributed by atoms with Crippen molar-refractivity contribution in [2.24, 2.45) is 29.6 Å². The third kappa shape index (κ3) is 5.01. The van der Waals surface area contributed by atoms with Crippen LogP contribution in [0.2, 0.25) is 0 Å². The largest absolute Gasteiger partial charge is 0.462 e. The van der Waals surface area contributed by atoms with Crippen molar-refractivity contribution in [2.75, 3.05) is 6.61 Å². The summed E-state index contributed by atoms with van der Waals surface area (Å²) >= 11 is 0. The SMILES string of the molecule is CCOC(=O)N[C@H]1CC[C@H]2[C@H](C1)C[C@@H]1C(=O)O[C@H](C)[C@H]1[C@@H]2/C=C/c1ccc(-c2cccc(F)c2)cn1. The molecule has 0 bridgehead atoms. The fraction of sp³-hybridized carbons (Fsp3) is 0.483. The number of nitrogens with one attached hydrogen (secondary N) is 1. The van der Waals surface area contributed by atoms with Crippen molar-refractivity contribution in [1.82, 2.24) is 10.3 Å². The quantitative estimate of drug-likeness (QED) is 0.548. The molecular formula is C29H33FN2O4. The topological polar surface area (TPSA) is 77.5 Å². The molecule has 0 spiro atoms. The number of aromatic nitrogens is 1. The van der Waals surface area contributed by atoms with Crippen LogP contribution in [0.3, 0.4) is 0 Å². The second-order valence-electron chi connectivity index (χ2n) is 10.3. The molecule has 1 N–H and O–H groups in total. The lowest BCUT2D eigenvalue weighted by atomic mass is 9.57. The van der Waals surface area contributed by atoms with Crippen LogP contribution in [0.15, 0.2) is 48.7 Å². The molecule has 190 valence electrons. The molecule has 2 aliphatic carbocycles. The van der Waals surface area contributed by atoms with Gasteiger partial charge in [-0.2, -0.15) is 0 Å². The molecule has 2 saturated carbocycles. The average Bonchev–Trinajstić information content (AvgIpc) is 3.15. The molecule has 5 rings (SSSR count). The van der Waals surface area contributed by atoms with Crippen molar-refractivity contribution in [1.29, 1.82) is 0 Å². The van der Waals surface area contributed by atoms with Crippen molar-refractivity contribution < 1.29 is 23.5 Å². The molecule has 0 unspecified atom stereocenters. The lowest BCUT2D eigenvalue weighted by Gasteiger charge is -2.47. The minimum atomic E-state index is -0.368. The third-order valence-corrected chi connectivity index (χ3v) is 8.18. The highest BCUT2D eigenvalue weighted by molar-refractivity contribution is 5.75.